The smallest absolute Gasteiger partial charge is 0.259 e. The Morgan fingerprint density at radius 1 is 1.09 bits per heavy atom. The van der Waals surface area contributed by atoms with Crippen molar-refractivity contribution in [2.75, 3.05) is 31.6 Å². The second-order valence-corrected chi connectivity index (χ2v) is 8.36. The van der Waals surface area contributed by atoms with Crippen LogP contribution in [0.4, 0.5) is 5.69 Å². The van der Waals surface area contributed by atoms with Gasteiger partial charge in [0.05, 0.1) is 36.4 Å². The van der Waals surface area contributed by atoms with E-state index in [0.29, 0.717) is 48.1 Å². The summed E-state index contributed by atoms with van der Waals surface area (Å²) < 4.78 is 7.04. The molecule has 0 radical (unpaired) electrons. The molecule has 4 rings (SSSR count). The molecule has 2 aromatic carbocycles. The zero-order chi connectivity index (χ0) is 22.7. The molecule has 1 saturated heterocycles. The van der Waals surface area contributed by atoms with Crippen LogP contribution in [0.5, 0.6) is 0 Å². The third kappa shape index (κ3) is 4.69. The molecule has 0 aliphatic carbocycles. The zero-order valence-corrected chi connectivity index (χ0v) is 18.8. The molecule has 0 bridgehead atoms. The van der Waals surface area contributed by atoms with Gasteiger partial charge < -0.3 is 15.0 Å². The number of amides is 2. The molecule has 166 valence electrons. The number of nitrogens with one attached hydrogen (secondary N) is 1. The molecule has 0 saturated carbocycles. The molecule has 2 amide bonds. The topological polar surface area (TPSA) is 76.5 Å². The monoisotopic (exact) mass is 452 g/mol. The van der Waals surface area contributed by atoms with Gasteiger partial charge in [0.2, 0.25) is 0 Å². The van der Waals surface area contributed by atoms with Crippen LogP contribution in [-0.2, 0) is 4.74 Å². The normalized spacial score (nSPS) is 13.9. The van der Waals surface area contributed by atoms with Crippen LogP contribution >= 0.6 is 11.6 Å². The number of ether oxygens (including phenoxy) is 1. The van der Waals surface area contributed by atoms with Crippen molar-refractivity contribution >= 4 is 29.1 Å². The minimum Gasteiger partial charge on any atom is -0.378 e. The van der Waals surface area contributed by atoms with E-state index in [2.05, 4.69) is 10.4 Å². The predicted molar refractivity (Wildman–Crippen MR) is 124 cm³/mol. The van der Waals surface area contributed by atoms with E-state index in [1.165, 1.54) is 0 Å². The van der Waals surface area contributed by atoms with E-state index in [-0.39, 0.29) is 17.7 Å². The maximum atomic E-state index is 13.0. The van der Waals surface area contributed by atoms with E-state index in [9.17, 15) is 9.59 Å². The number of rotatable bonds is 5. The van der Waals surface area contributed by atoms with Crippen LogP contribution < -0.4 is 5.32 Å². The Morgan fingerprint density at radius 2 is 1.81 bits per heavy atom. The molecule has 1 aliphatic heterocycles. The van der Waals surface area contributed by atoms with Gasteiger partial charge in [0.15, 0.2) is 0 Å². The van der Waals surface area contributed by atoms with Gasteiger partial charge in [-0.25, -0.2) is 4.68 Å². The Hall–Kier alpha value is -3.16. The van der Waals surface area contributed by atoms with Gasteiger partial charge in [-0.1, -0.05) is 31.5 Å². The minimum absolute atomic E-state index is 0.0314. The first kappa shape index (κ1) is 22.0. The van der Waals surface area contributed by atoms with Gasteiger partial charge in [0.25, 0.3) is 11.8 Å². The number of carbonyl (C=O) groups excluding carboxylic acids is 2. The van der Waals surface area contributed by atoms with Crippen molar-refractivity contribution in [1.82, 2.24) is 14.7 Å². The van der Waals surface area contributed by atoms with Crippen molar-refractivity contribution in [3.63, 3.8) is 0 Å². The number of hydrogen-bond donors (Lipinski definition) is 1. The number of benzene rings is 2. The summed E-state index contributed by atoms with van der Waals surface area (Å²) in [6.45, 7) is 6.32. The molecule has 8 heteroatoms. The van der Waals surface area contributed by atoms with E-state index >= 15 is 0 Å². The molecule has 3 aromatic rings. The van der Waals surface area contributed by atoms with Crippen LogP contribution in [0.25, 0.3) is 5.69 Å². The number of morpholine rings is 1. The molecule has 1 fully saturated rings. The molecule has 1 aliphatic rings. The van der Waals surface area contributed by atoms with Crippen molar-refractivity contribution in [1.29, 1.82) is 0 Å². The molecule has 0 spiro atoms. The summed E-state index contributed by atoms with van der Waals surface area (Å²) in [7, 11) is 0. The first-order chi connectivity index (χ1) is 15.4. The van der Waals surface area contributed by atoms with Crippen LogP contribution in [0.15, 0.2) is 54.7 Å². The van der Waals surface area contributed by atoms with Crippen LogP contribution in [0.3, 0.4) is 0 Å². The molecule has 0 unspecified atom stereocenters. The average molecular weight is 453 g/mol. The second kappa shape index (κ2) is 9.54. The number of carbonyl (C=O) groups is 2. The lowest BCUT2D eigenvalue weighted by Gasteiger charge is -2.26. The zero-order valence-electron chi connectivity index (χ0n) is 18.0. The van der Waals surface area contributed by atoms with Crippen LogP contribution in [-0.4, -0.2) is 52.8 Å². The third-order valence-electron chi connectivity index (χ3n) is 5.34. The number of aromatic nitrogens is 2. The van der Waals surface area contributed by atoms with Gasteiger partial charge in [0, 0.05) is 29.4 Å². The fourth-order valence-corrected chi connectivity index (χ4v) is 3.93. The first-order valence-electron chi connectivity index (χ1n) is 10.6. The fraction of sp³-hybridized carbons (Fsp3) is 0.292. The summed E-state index contributed by atoms with van der Waals surface area (Å²) in [5.74, 6) is -0.226. The van der Waals surface area contributed by atoms with E-state index < -0.39 is 0 Å². The number of nitrogens with zero attached hydrogens (tertiary/aromatic N) is 3. The Labute approximate surface area is 191 Å². The Bertz CT molecular complexity index is 1120. The number of halogens is 1. The van der Waals surface area contributed by atoms with Crippen molar-refractivity contribution in [2.45, 2.75) is 19.8 Å². The van der Waals surface area contributed by atoms with Gasteiger partial charge >= 0.3 is 0 Å². The number of anilines is 1. The van der Waals surface area contributed by atoms with Crippen molar-refractivity contribution < 1.29 is 14.3 Å². The Kier molecular flexibility index (Phi) is 6.58. The lowest BCUT2D eigenvalue weighted by Crippen LogP contribution is -2.40. The molecule has 0 atom stereocenters. The largest absolute Gasteiger partial charge is 0.378 e. The third-order valence-corrected chi connectivity index (χ3v) is 5.57. The van der Waals surface area contributed by atoms with Gasteiger partial charge in [-0.3, -0.25) is 9.59 Å². The standard InChI is InChI=1S/C24H25ClN4O3/c1-16(2)22-21(15-26-29(22)20-5-3-4-18(25)14-20)23(30)27-19-8-6-17(7-9-19)24(31)28-10-12-32-13-11-28/h3-9,14-16H,10-13H2,1-2H3,(H,27,30). The molecule has 7 nitrogen and oxygen atoms in total. The molecule has 1 N–H and O–H groups in total. The van der Waals surface area contributed by atoms with Crippen LogP contribution in [0.2, 0.25) is 5.02 Å². The lowest BCUT2D eigenvalue weighted by molar-refractivity contribution is 0.0303. The maximum absolute atomic E-state index is 13.0. The molecular weight excluding hydrogens is 428 g/mol. The lowest BCUT2D eigenvalue weighted by atomic mass is 10.0. The summed E-state index contributed by atoms with van der Waals surface area (Å²) in [5, 5.41) is 7.95. The minimum atomic E-state index is -0.255. The van der Waals surface area contributed by atoms with Gasteiger partial charge in [-0.05, 0) is 48.4 Å². The highest BCUT2D eigenvalue weighted by molar-refractivity contribution is 6.30. The predicted octanol–water partition coefficient (Wildman–Crippen LogP) is 4.37. The number of hydrogen-bond acceptors (Lipinski definition) is 4. The Morgan fingerprint density at radius 3 is 2.47 bits per heavy atom. The van der Waals surface area contributed by atoms with Gasteiger partial charge in [0.1, 0.15) is 0 Å². The SMILES string of the molecule is CC(C)c1c(C(=O)Nc2ccc(C(=O)N3CCOCC3)cc2)cnn1-c1cccc(Cl)c1. The summed E-state index contributed by atoms with van der Waals surface area (Å²) >= 11 is 6.13. The maximum Gasteiger partial charge on any atom is 0.259 e. The van der Waals surface area contributed by atoms with Crippen molar-refractivity contribution in [2.24, 2.45) is 0 Å². The van der Waals surface area contributed by atoms with E-state index in [4.69, 9.17) is 16.3 Å². The molecule has 2 heterocycles. The van der Waals surface area contributed by atoms with E-state index in [0.717, 1.165) is 11.4 Å². The summed E-state index contributed by atoms with van der Waals surface area (Å²) in [4.78, 5) is 27.4. The highest BCUT2D eigenvalue weighted by atomic mass is 35.5. The molecular formula is C24H25ClN4O3. The van der Waals surface area contributed by atoms with Crippen molar-refractivity contribution in [3.8, 4) is 5.69 Å². The molecule has 32 heavy (non-hydrogen) atoms. The second-order valence-electron chi connectivity index (χ2n) is 7.93. The molecule has 1 aromatic heterocycles. The van der Waals surface area contributed by atoms with E-state index in [1.54, 1.807) is 46.1 Å². The fourth-order valence-electron chi connectivity index (χ4n) is 3.75. The summed E-state index contributed by atoms with van der Waals surface area (Å²) in [5.41, 5.74) is 3.28. The highest BCUT2D eigenvalue weighted by Crippen LogP contribution is 2.25. The van der Waals surface area contributed by atoms with E-state index in [1.807, 2.05) is 32.0 Å². The Balaban J connectivity index is 1.52. The average Bonchev–Trinajstić information content (AvgIpc) is 3.26. The van der Waals surface area contributed by atoms with Crippen LogP contribution in [0, 0.1) is 0 Å². The van der Waals surface area contributed by atoms with Gasteiger partial charge in [-0.15, -0.1) is 0 Å². The quantitative estimate of drug-likeness (QED) is 0.623. The summed E-state index contributed by atoms with van der Waals surface area (Å²) in [6.07, 6.45) is 1.57. The van der Waals surface area contributed by atoms with Crippen molar-refractivity contribution in [3.05, 3.63) is 76.6 Å². The first-order valence-corrected chi connectivity index (χ1v) is 10.9. The highest BCUT2D eigenvalue weighted by Gasteiger charge is 2.22. The summed E-state index contributed by atoms with van der Waals surface area (Å²) in [6, 6.07) is 14.3. The van der Waals surface area contributed by atoms with Crippen LogP contribution in [0.1, 0.15) is 46.2 Å². The van der Waals surface area contributed by atoms with Gasteiger partial charge in [-0.2, -0.15) is 5.10 Å².